The summed E-state index contributed by atoms with van der Waals surface area (Å²) in [7, 11) is 1.66. The first-order chi connectivity index (χ1) is 11.1. The van der Waals surface area contributed by atoms with Crippen LogP contribution in [-0.4, -0.2) is 29.5 Å². The Bertz CT molecular complexity index is 705. The van der Waals surface area contributed by atoms with Crippen molar-refractivity contribution in [3.05, 3.63) is 22.8 Å². The number of ether oxygens (including phenoxy) is 2. The molecule has 1 aliphatic carbocycles. The number of nitrogens with zero attached hydrogens (tertiary/aromatic N) is 2. The molecule has 0 radical (unpaired) electrons. The normalized spacial score (nSPS) is 21.3. The number of carbonyl (C=O) groups excluding carboxylic acids is 1. The number of carbonyl (C=O) groups is 1. The molecule has 124 valence electrons. The lowest BCUT2D eigenvalue weighted by molar-refractivity contribution is -0.142. The molecule has 3 rings (SSSR count). The highest BCUT2D eigenvalue weighted by Gasteiger charge is 2.24. The molecule has 0 atom stereocenters. The average molecular weight is 381 g/mol. The molecule has 0 N–H and O–H groups in total. The second kappa shape index (κ2) is 6.91. The zero-order valence-electron chi connectivity index (χ0n) is 13.4. The third kappa shape index (κ3) is 3.68. The van der Waals surface area contributed by atoms with Crippen LogP contribution in [0.2, 0.25) is 0 Å². The Labute approximate surface area is 144 Å². The van der Waals surface area contributed by atoms with Gasteiger partial charge in [0.15, 0.2) is 0 Å². The van der Waals surface area contributed by atoms with Crippen LogP contribution in [0.25, 0.3) is 10.9 Å². The Morgan fingerprint density at radius 2 is 2.09 bits per heavy atom. The van der Waals surface area contributed by atoms with Gasteiger partial charge in [0.25, 0.3) is 0 Å². The van der Waals surface area contributed by atoms with Gasteiger partial charge >= 0.3 is 5.97 Å². The molecule has 0 spiro atoms. The molecule has 2 aromatic rings. The quantitative estimate of drug-likeness (QED) is 0.749. The number of hydrogen-bond donors (Lipinski definition) is 0. The lowest BCUT2D eigenvalue weighted by Crippen LogP contribution is -2.22. The summed E-state index contributed by atoms with van der Waals surface area (Å²) < 4.78 is 13.5. The van der Waals surface area contributed by atoms with E-state index in [4.69, 9.17) is 14.6 Å². The molecule has 1 heterocycles. The van der Waals surface area contributed by atoms with Gasteiger partial charge in [-0.15, -0.1) is 0 Å². The Hall–Kier alpha value is -1.56. The van der Waals surface area contributed by atoms with Gasteiger partial charge < -0.3 is 9.47 Å². The number of methoxy groups -OCH3 is 1. The average Bonchev–Trinajstić information content (AvgIpc) is 2.95. The van der Waals surface area contributed by atoms with Crippen LogP contribution in [0.15, 0.2) is 22.8 Å². The minimum atomic E-state index is -0.190. The zero-order chi connectivity index (χ0) is 16.4. The number of benzene rings is 1. The summed E-state index contributed by atoms with van der Waals surface area (Å²) in [6, 6.07) is 4.42. The maximum atomic E-state index is 10.9. The number of esters is 1. The minimum absolute atomic E-state index is 0.190. The summed E-state index contributed by atoms with van der Waals surface area (Å²) in [5, 5.41) is 5.83. The maximum absolute atomic E-state index is 10.9. The van der Waals surface area contributed by atoms with Crippen LogP contribution >= 0.6 is 15.9 Å². The monoisotopic (exact) mass is 380 g/mol. The predicted molar refractivity (Wildman–Crippen MR) is 91.6 cm³/mol. The first-order valence-corrected chi connectivity index (χ1v) is 8.72. The van der Waals surface area contributed by atoms with Crippen LogP contribution in [-0.2, 0) is 9.53 Å². The van der Waals surface area contributed by atoms with Crippen LogP contribution in [0.4, 0.5) is 0 Å². The Morgan fingerprint density at radius 3 is 2.74 bits per heavy atom. The van der Waals surface area contributed by atoms with Gasteiger partial charge in [0.05, 0.1) is 29.7 Å². The molecule has 1 aliphatic rings. The standard InChI is InChI=1S/C17H21BrN2O3/c1-11(21)23-10-12-3-5-14(6-4-12)20-9-13-7-15(18)17(22-2)8-16(13)19-20/h7-9,12,14H,3-6,10H2,1-2H3. The lowest BCUT2D eigenvalue weighted by atomic mass is 9.86. The number of hydrogen-bond acceptors (Lipinski definition) is 4. The molecule has 1 aromatic heterocycles. The molecule has 6 heteroatoms. The van der Waals surface area contributed by atoms with Crippen LogP contribution < -0.4 is 4.74 Å². The highest BCUT2D eigenvalue weighted by Crippen LogP contribution is 2.34. The third-order valence-electron chi connectivity index (χ3n) is 4.51. The Morgan fingerprint density at radius 1 is 1.35 bits per heavy atom. The molecule has 0 amide bonds. The van der Waals surface area contributed by atoms with Crippen LogP contribution in [0.1, 0.15) is 38.6 Å². The van der Waals surface area contributed by atoms with Crippen LogP contribution in [0, 0.1) is 5.92 Å². The van der Waals surface area contributed by atoms with E-state index in [9.17, 15) is 4.79 Å². The fraction of sp³-hybridized carbons (Fsp3) is 0.529. The van der Waals surface area contributed by atoms with E-state index in [-0.39, 0.29) is 5.97 Å². The highest BCUT2D eigenvalue weighted by atomic mass is 79.9. The van der Waals surface area contributed by atoms with Crippen molar-refractivity contribution >= 4 is 32.8 Å². The van der Waals surface area contributed by atoms with Crippen molar-refractivity contribution < 1.29 is 14.3 Å². The van der Waals surface area contributed by atoms with Crippen molar-refractivity contribution in [2.24, 2.45) is 5.92 Å². The summed E-state index contributed by atoms with van der Waals surface area (Å²) in [5.74, 6) is 1.09. The van der Waals surface area contributed by atoms with Gasteiger partial charge in [-0.05, 0) is 53.6 Å². The molecule has 1 fully saturated rings. The summed E-state index contributed by atoms with van der Waals surface area (Å²) >= 11 is 3.52. The first-order valence-electron chi connectivity index (χ1n) is 7.92. The summed E-state index contributed by atoms with van der Waals surface area (Å²) in [6.07, 6.45) is 6.38. The van der Waals surface area contributed by atoms with Crippen molar-refractivity contribution in [2.75, 3.05) is 13.7 Å². The number of fused-ring (bicyclic) bond motifs is 1. The minimum Gasteiger partial charge on any atom is -0.495 e. The van der Waals surface area contributed by atoms with E-state index in [1.165, 1.54) is 6.92 Å². The molecule has 1 saturated carbocycles. The smallest absolute Gasteiger partial charge is 0.302 e. The third-order valence-corrected chi connectivity index (χ3v) is 5.13. The molecular weight excluding hydrogens is 360 g/mol. The van der Waals surface area contributed by atoms with E-state index >= 15 is 0 Å². The molecule has 1 aromatic carbocycles. The Balaban J connectivity index is 1.68. The van der Waals surface area contributed by atoms with E-state index in [2.05, 4.69) is 26.8 Å². The topological polar surface area (TPSA) is 53.4 Å². The van der Waals surface area contributed by atoms with Crippen molar-refractivity contribution in [1.29, 1.82) is 0 Å². The van der Waals surface area contributed by atoms with E-state index in [1.807, 2.05) is 12.1 Å². The van der Waals surface area contributed by atoms with Gasteiger partial charge in [0.1, 0.15) is 5.75 Å². The van der Waals surface area contributed by atoms with Gasteiger partial charge in [-0.1, -0.05) is 0 Å². The van der Waals surface area contributed by atoms with Gasteiger partial charge in [-0.3, -0.25) is 9.48 Å². The van der Waals surface area contributed by atoms with Crippen molar-refractivity contribution in [3.8, 4) is 5.75 Å². The van der Waals surface area contributed by atoms with Gasteiger partial charge in [0, 0.05) is 24.6 Å². The van der Waals surface area contributed by atoms with E-state index in [0.717, 1.165) is 46.8 Å². The molecule has 0 saturated heterocycles. The second-order valence-electron chi connectivity index (χ2n) is 6.13. The van der Waals surface area contributed by atoms with Gasteiger partial charge in [0.2, 0.25) is 0 Å². The van der Waals surface area contributed by atoms with Crippen LogP contribution in [0.5, 0.6) is 5.75 Å². The molecular formula is C17H21BrN2O3. The second-order valence-corrected chi connectivity index (χ2v) is 6.99. The van der Waals surface area contributed by atoms with Crippen molar-refractivity contribution in [2.45, 2.75) is 38.6 Å². The molecule has 23 heavy (non-hydrogen) atoms. The molecule has 0 aliphatic heterocycles. The number of rotatable bonds is 4. The SMILES string of the molecule is COc1cc2nn(C3CCC(COC(C)=O)CC3)cc2cc1Br. The highest BCUT2D eigenvalue weighted by molar-refractivity contribution is 9.10. The van der Waals surface area contributed by atoms with Gasteiger partial charge in [-0.2, -0.15) is 5.10 Å². The Kier molecular flexibility index (Phi) is 4.90. The summed E-state index contributed by atoms with van der Waals surface area (Å²) in [5.41, 5.74) is 0.951. The largest absolute Gasteiger partial charge is 0.495 e. The molecule has 0 bridgehead atoms. The number of halogens is 1. The first kappa shape index (κ1) is 16.3. The lowest BCUT2D eigenvalue weighted by Gasteiger charge is -2.28. The molecule has 5 nitrogen and oxygen atoms in total. The maximum Gasteiger partial charge on any atom is 0.302 e. The fourth-order valence-corrected chi connectivity index (χ4v) is 3.72. The summed E-state index contributed by atoms with van der Waals surface area (Å²) in [6.45, 7) is 2.01. The van der Waals surface area contributed by atoms with E-state index in [0.29, 0.717) is 18.6 Å². The van der Waals surface area contributed by atoms with E-state index < -0.39 is 0 Å². The summed E-state index contributed by atoms with van der Waals surface area (Å²) in [4.78, 5) is 10.9. The van der Waals surface area contributed by atoms with Crippen molar-refractivity contribution in [1.82, 2.24) is 9.78 Å². The van der Waals surface area contributed by atoms with Crippen LogP contribution in [0.3, 0.4) is 0 Å². The fourth-order valence-electron chi connectivity index (χ4n) is 3.20. The van der Waals surface area contributed by atoms with E-state index in [1.54, 1.807) is 7.11 Å². The van der Waals surface area contributed by atoms with Crippen molar-refractivity contribution in [3.63, 3.8) is 0 Å². The number of aromatic nitrogens is 2. The predicted octanol–water partition coefficient (Wildman–Crippen LogP) is 4.10. The molecule has 0 unspecified atom stereocenters. The van der Waals surface area contributed by atoms with Gasteiger partial charge in [-0.25, -0.2) is 0 Å². The zero-order valence-corrected chi connectivity index (χ0v) is 15.0.